The smallest absolute Gasteiger partial charge is 0.124 e. The number of nitrogens with zero attached hydrogens (tertiary/aromatic N) is 1. The van der Waals surface area contributed by atoms with Crippen molar-refractivity contribution >= 4 is 54.5 Å². The molecule has 0 radical (unpaired) electrons. The van der Waals surface area contributed by atoms with Gasteiger partial charge < -0.3 is 5.32 Å². The second-order valence-corrected chi connectivity index (χ2v) is 8.48. The number of thiazole rings is 1. The summed E-state index contributed by atoms with van der Waals surface area (Å²) >= 11 is 1.73. The molecule has 0 saturated carbocycles. The number of rotatable bonds is 3. The van der Waals surface area contributed by atoms with Gasteiger partial charge in [0.2, 0.25) is 0 Å². The van der Waals surface area contributed by atoms with Crippen molar-refractivity contribution in [1.29, 1.82) is 0 Å². The highest BCUT2D eigenvalue weighted by Crippen LogP contribution is 2.31. The summed E-state index contributed by atoms with van der Waals surface area (Å²) in [5.41, 5.74) is 4.36. The van der Waals surface area contributed by atoms with Gasteiger partial charge in [-0.1, -0.05) is 42.5 Å². The Morgan fingerprint density at radius 1 is 0.567 bits per heavy atom. The van der Waals surface area contributed by atoms with E-state index in [1.165, 1.54) is 26.2 Å². The molecule has 0 aliphatic rings. The second-order valence-electron chi connectivity index (χ2n) is 7.45. The van der Waals surface area contributed by atoms with E-state index < -0.39 is 0 Å². The molecule has 5 aromatic carbocycles. The minimum Gasteiger partial charge on any atom is -0.356 e. The highest BCUT2D eigenvalue weighted by Gasteiger charge is 2.06. The number of fused-ring (bicyclic) bond motifs is 3. The molecule has 0 unspecified atom stereocenters. The Morgan fingerprint density at radius 3 is 2.03 bits per heavy atom. The lowest BCUT2D eigenvalue weighted by molar-refractivity contribution is 1.47. The number of benzene rings is 5. The third-order valence-electron chi connectivity index (χ3n) is 5.42. The summed E-state index contributed by atoms with van der Waals surface area (Å²) < 4.78 is 1.22. The van der Waals surface area contributed by atoms with Gasteiger partial charge in [-0.3, -0.25) is 0 Å². The molecule has 6 rings (SSSR count). The first-order valence-electron chi connectivity index (χ1n) is 9.97. The molecule has 0 fully saturated rings. The molecule has 142 valence electrons. The first kappa shape index (κ1) is 17.2. The van der Waals surface area contributed by atoms with Gasteiger partial charge in [0.25, 0.3) is 0 Å². The quantitative estimate of drug-likeness (QED) is 0.303. The molecular weight excluding hydrogens is 384 g/mol. The van der Waals surface area contributed by atoms with Gasteiger partial charge in [0, 0.05) is 16.9 Å². The minimum atomic E-state index is 1.06. The fourth-order valence-corrected chi connectivity index (χ4v) is 4.85. The molecule has 0 amide bonds. The van der Waals surface area contributed by atoms with Crippen molar-refractivity contribution in [3.05, 3.63) is 103 Å². The SMILES string of the molecule is c1ccc2cc3cc(Nc4ccc(-c5nc6ccccc6s5)cc4)ccc3cc2c1. The van der Waals surface area contributed by atoms with Crippen LogP contribution in [0.2, 0.25) is 0 Å². The molecule has 0 aliphatic heterocycles. The van der Waals surface area contributed by atoms with E-state index in [-0.39, 0.29) is 0 Å². The molecule has 0 saturated heterocycles. The van der Waals surface area contributed by atoms with E-state index >= 15 is 0 Å². The fraction of sp³-hybridized carbons (Fsp3) is 0. The molecule has 6 aromatic rings. The maximum atomic E-state index is 4.75. The zero-order valence-corrected chi connectivity index (χ0v) is 17.0. The van der Waals surface area contributed by atoms with E-state index in [9.17, 15) is 0 Å². The van der Waals surface area contributed by atoms with Gasteiger partial charge in [-0.2, -0.15) is 0 Å². The zero-order valence-electron chi connectivity index (χ0n) is 16.2. The molecule has 1 N–H and O–H groups in total. The summed E-state index contributed by atoms with van der Waals surface area (Å²) in [4.78, 5) is 4.75. The van der Waals surface area contributed by atoms with Crippen LogP contribution in [0.25, 0.3) is 42.3 Å². The lowest BCUT2D eigenvalue weighted by Gasteiger charge is -2.09. The summed E-state index contributed by atoms with van der Waals surface area (Å²) in [6.45, 7) is 0. The number of para-hydroxylation sites is 1. The summed E-state index contributed by atoms with van der Waals surface area (Å²) in [5, 5.41) is 9.62. The monoisotopic (exact) mass is 402 g/mol. The fourth-order valence-electron chi connectivity index (χ4n) is 3.88. The molecule has 30 heavy (non-hydrogen) atoms. The van der Waals surface area contributed by atoms with E-state index in [1.807, 2.05) is 6.07 Å². The summed E-state index contributed by atoms with van der Waals surface area (Å²) in [5.74, 6) is 0. The van der Waals surface area contributed by atoms with Gasteiger partial charge in [-0.05, 0) is 82.2 Å². The topological polar surface area (TPSA) is 24.9 Å². The van der Waals surface area contributed by atoms with Crippen LogP contribution in [0, 0.1) is 0 Å². The number of hydrogen-bond donors (Lipinski definition) is 1. The molecule has 1 heterocycles. The average Bonchev–Trinajstić information content (AvgIpc) is 3.22. The summed E-state index contributed by atoms with van der Waals surface area (Å²) in [7, 11) is 0. The van der Waals surface area contributed by atoms with Crippen molar-refractivity contribution in [2.75, 3.05) is 5.32 Å². The largest absolute Gasteiger partial charge is 0.356 e. The van der Waals surface area contributed by atoms with Gasteiger partial charge in [-0.15, -0.1) is 11.3 Å². The maximum Gasteiger partial charge on any atom is 0.124 e. The van der Waals surface area contributed by atoms with Crippen molar-refractivity contribution in [2.45, 2.75) is 0 Å². The van der Waals surface area contributed by atoms with Gasteiger partial charge in [0.15, 0.2) is 0 Å². The van der Waals surface area contributed by atoms with Crippen LogP contribution in [0.15, 0.2) is 103 Å². The average molecular weight is 403 g/mol. The summed E-state index contributed by atoms with van der Waals surface area (Å²) in [6.07, 6.45) is 0. The molecular formula is C27H18N2S. The Hall–Kier alpha value is -3.69. The lowest BCUT2D eigenvalue weighted by atomic mass is 10.0. The van der Waals surface area contributed by atoms with Crippen LogP contribution in [-0.2, 0) is 0 Å². The molecule has 3 heteroatoms. The normalized spacial score (nSPS) is 11.3. The Balaban J connectivity index is 1.29. The van der Waals surface area contributed by atoms with E-state index in [0.29, 0.717) is 0 Å². The Labute approximate surface area is 178 Å². The standard InChI is InChI=1S/C27H18N2S/c1-2-6-20-16-22-17-24(14-11-21(22)15-19(20)5-1)28-23-12-9-18(10-13-23)27-29-25-7-3-4-8-26(25)30-27/h1-17,28H. The molecule has 0 spiro atoms. The molecule has 0 aliphatic carbocycles. The first-order chi connectivity index (χ1) is 14.8. The van der Waals surface area contributed by atoms with Crippen LogP contribution >= 0.6 is 11.3 Å². The van der Waals surface area contributed by atoms with Crippen LogP contribution in [0.1, 0.15) is 0 Å². The van der Waals surface area contributed by atoms with Crippen molar-refractivity contribution in [3.8, 4) is 10.6 Å². The van der Waals surface area contributed by atoms with Crippen molar-refractivity contribution < 1.29 is 0 Å². The van der Waals surface area contributed by atoms with E-state index in [2.05, 4.69) is 102 Å². The van der Waals surface area contributed by atoms with Crippen molar-refractivity contribution in [3.63, 3.8) is 0 Å². The van der Waals surface area contributed by atoms with Gasteiger partial charge >= 0.3 is 0 Å². The van der Waals surface area contributed by atoms with Crippen molar-refractivity contribution in [2.24, 2.45) is 0 Å². The van der Waals surface area contributed by atoms with Gasteiger partial charge in [0.05, 0.1) is 10.2 Å². The first-order valence-corrected chi connectivity index (χ1v) is 10.8. The summed E-state index contributed by atoms with van der Waals surface area (Å²) in [6, 6.07) is 36.3. The molecule has 1 aromatic heterocycles. The van der Waals surface area contributed by atoms with E-state index in [4.69, 9.17) is 4.98 Å². The van der Waals surface area contributed by atoms with Crippen LogP contribution < -0.4 is 5.32 Å². The van der Waals surface area contributed by atoms with Gasteiger partial charge in [-0.25, -0.2) is 4.98 Å². The number of hydrogen-bond acceptors (Lipinski definition) is 3. The Kier molecular flexibility index (Phi) is 4.00. The second kappa shape index (κ2) is 6.97. The molecule has 0 bridgehead atoms. The number of nitrogens with one attached hydrogen (secondary N) is 1. The van der Waals surface area contributed by atoms with Crippen LogP contribution in [0.3, 0.4) is 0 Å². The van der Waals surface area contributed by atoms with Crippen LogP contribution in [-0.4, -0.2) is 4.98 Å². The zero-order chi connectivity index (χ0) is 19.9. The molecule has 0 atom stereocenters. The van der Waals surface area contributed by atoms with E-state index in [0.717, 1.165) is 27.5 Å². The predicted molar refractivity (Wildman–Crippen MR) is 130 cm³/mol. The maximum absolute atomic E-state index is 4.75. The third-order valence-corrected chi connectivity index (χ3v) is 6.50. The Morgan fingerprint density at radius 2 is 1.23 bits per heavy atom. The van der Waals surface area contributed by atoms with Crippen LogP contribution in [0.4, 0.5) is 11.4 Å². The highest BCUT2D eigenvalue weighted by atomic mass is 32.1. The lowest BCUT2D eigenvalue weighted by Crippen LogP contribution is -1.90. The van der Waals surface area contributed by atoms with Gasteiger partial charge in [0.1, 0.15) is 5.01 Å². The predicted octanol–water partition coefficient (Wildman–Crippen LogP) is 8.01. The van der Waals surface area contributed by atoms with Crippen molar-refractivity contribution in [1.82, 2.24) is 4.98 Å². The Bertz CT molecular complexity index is 1480. The number of aromatic nitrogens is 1. The minimum absolute atomic E-state index is 1.06. The number of anilines is 2. The molecule has 2 nitrogen and oxygen atoms in total. The third kappa shape index (κ3) is 3.10. The highest BCUT2D eigenvalue weighted by molar-refractivity contribution is 7.21. The van der Waals surface area contributed by atoms with E-state index in [1.54, 1.807) is 11.3 Å². The van der Waals surface area contributed by atoms with Crippen LogP contribution in [0.5, 0.6) is 0 Å².